The van der Waals surface area contributed by atoms with Crippen molar-refractivity contribution in [2.45, 2.75) is 23.8 Å². The minimum Gasteiger partial charge on any atom is -0.381 e. The molecule has 1 heterocycles. The number of thioether (sulfide) groups is 1. The predicted octanol–water partition coefficient (Wildman–Crippen LogP) is 1.66. The van der Waals surface area contributed by atoms with E-state index in [2.05, 4.69) is 22.8 Å². The van der Waals surface area contributed by atoms with Crippen LogP contribution in [0.1, 0.15) is 12.8 Å². The van der Waals surface area contributed by atoms with Crippen molar-refractivity contribution in [3.63, 3.8) is 0 Å². The Morgan fingerprint density at radius 3 is 2.75 bits per heavy atom. The van der Waals surface area contributed by atoms with E-state index in [9.17, 15) is 4.79 Å². The molecule has 1 amide bonds. The first-order chi connectivity index (χ1) is 9.84. The van der Waals surface area contributed by atoms with E-state index >= 15 is 0 Å². The lowest BCUT2D eigenvalue weighted by atomic mass is 10.1. The maximum atomic E-state index is 11.7. The lowest BCUT2D eigenvalue weighted by Crippen LogP contribution is -2.43. The van der Waals surface area contributed by atoms with Gasteiger partial charge in [0.15, 0.2) is 0 Å². The first-order valence-electron chi connectivity index (χ1n) is 7.10. The highest BCUT2D eigenvalue weighted by atomic mass is 32.2. The summed E-state index contributed by atoms with van der Waals surface area (Å²) in [7, 11) is 0. The fraction of sp³-hybridized carbons (Fsp3) is 0.533. The number of ether oxygens (including phenoxy) is 1. The van der Waals surface area contributed by atoms with E-state index in [-0.39, 0.29) is 11.9 Å². The Morgan fingerprint density at radius 2 is 2.00 bits per heavy atom. The van der Waals surface area contributed by atoms with Crippen molar-refractivity contribution in [2.75, 3.05) is 32.1 Å². The van der Waals surface area contributed by atoms with Crippen LogP contribution in [0.25, 0.3) is 0 Å². The zero-order valence-electron chi connectivity index (χ0n) is 11.6. The van der Waals surface area contributed by atoms with Crippen molar-refractivity contribution in [1.82, 2.24) is 10.6 Å². The van der Waals surface area contributed by atoms with Gasteiger partial charge in [0.05, 0.1) is 6.54 Å². The molecule has 0 bridgehead atoms. The number of nitrogens with one attached hydrogen (secondary N) is 2. The van der Waals surface area contributed by atoms with Crippen LogP contribution in [0, 0.1) is 0 Å². The Kier molecular flexibility index (Phi) is 6.91. The summed E-state index contributed by atoms with van der Waals surface area (Å²) in [6.45, 7) is 2.74. The van der Waals surface area contributed by atoms with Gasteiger partial charge in [0.1, 0.15) is 0 Å². The van der Waals surface area contributed by atoms with E-state index < -0.39 is 0 Å². The highest BCUT2D eigenvalue weighted by molar-refractivity contribution is 7.99. The zero-order chi connectivity index (χ0) is 14.0. The first-order valence-corrected chi connectivity index (χ1v) is 8.09. The van der Waals surface area contributed by atoms with E-state index in [1.165, 1.54) is 4.90 Å². The van der Waals surface area contributed by atoms with Crippen LogP contribution in [0.4, 0.5) is 0 Å². The lowest BCUT2D eigenvalue weighted by Gasteiger charge is -2.23. The fourth-order valence-corrected chi connectivity index (χ4v) is 2.91. The summed E-state index contributed by atoms with van der Waals surface area (Å²) >= 11 is 1.80. The SMILES string of the molecule is O=C(CNCCSc1ccccc1)NC1CCOCC1. The molecule has 0 aromatic heterocycles. The number of carbonyl (C=O) groups is 1. The van der Waals surface area contributed by atoms with Crippen molar-refractivity contribution in [3.8, 4) is 0 Å². The van der Waals surface area contributed by atoms with Crippen LogP contribution in [0.5, 0.6) is 0 Å². The summed E-state index contributed by atoms with van der Waals surface area (Å²) in [5, 5.41) is 6.22. The van der Waals surface area contributed by atoms with Gasteiger partial charge in [-0.2, -0.15) is 0 Å². The molecule has 4 nitrogen and oxygen atoms in total. The van der Waals surface area contributed by atoms with Crippen LogP contribution >= 0.6 is 11.8 Å². The molecule has 1 aliphatic heterocycles. The lowest BCUT2D eigenvalue weighted by molar-refractivity contribution is -0.121. The monoisotopic (exact) mass is 294 g/mol. The summed E-state index contributed by atoms with van der Waals surface area (Å²) in [4.78, 5) is 13.0. The van der Waals surface area contributed by atoms with Gasteiger partial charge in [-0.15, -0.1) is 11.8 Å². The minimum absolute atomic E-state index is 0.0848. The van der Waals surface area contributed by atoms with E-state index in [0.29, 0.717) is 6.54 Å². The average molecular weight is 294 g/mol. The molecule has 0 aliphatic carbocycles. The molecule has 0 atom stereocenters. The quantitative estimate of drug-likeness (QED) is 0.593. The second-order valence-corrected chi connectivity index (χ2v) is 5.96. The maximum Gasteiger partial charge on any atom is 0.234 e. The standard InChI is InChI=1S/C15H22N2O2S/c18-15(17-13-6-9-19-10-7-13)12-16-8-11-20-14-4-2-1-3-5-14/h1-5,13,16H,6-12H2,(H,17,18). The molecular formula is C15H22N2O2S. The molecule has 110 valence electrons. The maximum absolute atomic E-state index is 11.7. The summed E-state index contributed by atoms with van der Waals surface area (Å²) in [6.07, 6.45) is 1.85. The molecule has 2 rings (SSSR count). The van der Waals surface area contributed by atoms with Crippen LogP contribution in [0.3, 0.4) is 0 Å². The van der Waals surface area contributed by atoms with Gasteiger partial charge < -0.3 is 15.4 Å². The van der Waals surface area contributed by atoms with Crippen LogP contribution < -0.4 is 10.6 Å². The summed E-state index contributed by atoms with van der Waals surface area (Å²) in [5.74, 6) is 1.05. The molecule has 1 saturated heterocycles. The Morgan fingerprint density at radius 1 is 1.25 bits per heavy atom. The molecule has 2 N–H and O–H groups in total. The van der Waals surface area contributed by atoms with Gasteiger partial charge >= 0.3 is 0 Å². The van der Waals surface area contributed by atoms with Crippen molar-refractivity contribution in [2.24, 2.45) is 0 Å². The van der Waals surface area contributed by atoms with Crippen molar-refractivity contribution in [3.05, 3.63) is 30.3 Å². The molecule has 0 radical (unpaired) electrons. The average Bonchev–Trinajstić information content (AvgIpc) is 2.49. The van der Waals surface area contributed by atoms with Crippen molar-refractivity contribution < 1.29 is 9.53 Å². The van der Waals surface area contributed by atoms with Gasteiger partial charge in [-0.3, -0.25) is 4.79 Å². The second kappa shape index (κ2) is 9.00. The third kappa shape index (κ3) is 5.94. The Labute approximate surface area is 124 Å². The molecule has 1 fully saturated rings. The number of benzene rings is 1. The zero-order valence-corrected chi connectivity index (χ0v) is 12.5. The predicted molar refractivity (Wildman–Crippen MR) is 82.0 cm³/mol. The second-order valence-electron chi connectivity index (χ2n) is 4.79. The number of amides is 1. The van der Waals surface area contributed by atoms with Crippen molar-refractivity contribution >= 4 is 17.7 Å². The van der Waals surface area contributed by atoms with Crippen LogP contribution in [0.15, 0.2) is 35.2 Å². The Bertz CT molecular complexity index is 394. The van der Waals surface area contributed by atoms with Gasteiger partial charge in [-0.25, -0.2) is 0 Å². The summed E-state index contributed by atoms with van der Waals surface area (Å²) in [6, 6.07) is 10.6. The smallest absolute Gasteiger partial charge is 0.234 e. The summed E-state index contributed by atoms with van der Waals surface area (Å²) in [5.41, 5.74) is 0. The molecular weight excluding hydrogens is 272 g/mol. The molecule has 1 aliphatic rings. The number of hydrogen-bond acceptors (Lipinski definition) is 4. The van der Waals surface area contributed by atoms with E-state index in [4.69, 9.17) is 4.74 Å². The van der Waals surface area contributed by atoms with Crippen LogP contribution in [-0.4, -0.2) is 44.0 Å². The van der Waals surface area contributed by atoms with E-state index in [0.717, 1.165) is 38.4 Å². The van der Waals surface area contributed by atoms with Crippen molar-refractivity contribution in [1.29, 1.82) is 0 Å². The van der Waals surface area contributed by atoms with E-state index in [1.807, 2.05) is 18.2 Å². The molecule has 5 heteroatoms. The number of hydrogen-bond donors (Lipinski definition) is 2. The van der Waals surface area contributed by atoms with Crippen LogP contribution in [-0.2, 0) is 9.53 Å². The Hall–Kier alpha value is -1.04. The molecule has 1 aromatic carbocycles. The number of rotatable bonds is 7. The normalized spacial score (nSPS) is 16.0. The fourth-order valence-electron chi connectivity index (χ4n) is 2.08. The van der Waals surface area contributed by atoms with Gasteiger partial charge in [-0.1, -0.05) is 18.2 Å². The highest BCUT2D eigenvalue weighted by Crippen LogP contribution is 2.15. The molecule has 0 spiro atoms. The van der Waals surface area contributed by atoms with Crippen LogP contribution in [0.2, 0.25) is 0 Å². The highest BCUT2D eigenvalue weighted by Gasteiger charge is 2.15. The molecule has 0 saturated carbocycles. The van der Waals surface area contributed by atoms with Gasteiger partial charge in [-0.05, 0) is 25.0 Å². The largest absolute Gasteiger partial charge is 0.381 e. The van der Waals surface area contributed by atoms with Gasteiger partial charge in [0.2, 0.25) is 5.91 Å². The minimum atomic E-state index is 0.0848. The van der Waals surface area contributed by atoms with Gasteiger partial charge in [0.25, 0.3) is 0 Å². The number of carbonyl (C=O) groups excluding carboxylic acids is 1. The first kappa shape index (κ1) is 15.4. The molecule has 20 heavy (non-hydrogen) atoms. The third-order valence-corrected chi connectivity index (χ3v) is 4.18. The topological polar surface area (TPSA) is 50.4 Å². The third-order valence-electron chi connectivity index (χ3n) is 3.16. The van der Waals surface area contributed by atoms with Gasteiger partial charge in [0, 0.05) is 36.4 Å². The molecule has 1 aromatic rings. The Balaban J connectivity index is 1.51. The molecule has 0 unspecified atom stereocenters. The summed E-state index contributed by atoms with van der Waals surface area (Å²) < 4.78 is 5.27. The van der Waals surface area contributed by atoms with E-state index in [1.54, 1.807) is 11.8 Å².